The van der Waals surface area contributed by atoms with Gasteiger partial charge in [-0.15, -0.1) is 0 Å². The number of hydrogen-bond acceptors (Lipinski definition) is 2. The summed E-state index contributed by atoms with van der Waals surface area (Å²) in [6.07, 6.45) is 0. The third kappa shape index (κ3) is 1.51. The number of hydrogen-bond donors (Lipinski definition) is 0. The van der Waals surface area contributed by atoms with Gasteiger partial charge in [-0.1, -0.05) is 0 Å². The summed E-state index contributed by atoms with van der Waals surface area (Å²) in [7, 11) is 1.38. The Bertz CT molecular complexity index is 244. The summed E-state index contributed by atoms with van der Waals surface area (Å²) < 4.78 is 5.40. The average Bonchev–Trinajstić information content (AvgIpc) is 2.34. The number of methoxy groups -OCH3 is 1. The molecule has 0 saturated heterocycles. The molecule has 4 heteroatoms. The van der Waals surface area contributed by atoms with E-state index in [-0.39, 0.29) is 5.97 Å². The molecule has 0 aromatic carbocycles. The van der Waals surface area contributed by atoms with Gasteiger partial charge in [0.1, 0.15) is 0 Å². The summed E-state index contributed by atoms with van der Waals surface area (Å²) in [6, 6.07) is 0. The number of halogens is 1. The Labute approximate surface area is 73.1 Å². The number of esters is 1. The summed E-state index contributed by atoms with van der Waals surface area (Å²) in [5, 5.41) is 0. The van der Waals surface area contributed by atoms with Crippen LogP contribution in [0, 0.1) is 0 Å². The topological polar surface area (TPSA) is 26.3 Å². The molecule has 54 valence electrons. The van der Waals surface area contributed by atoms with Crippen molar-refractivity contribution in [2.45, 2.75) is 0 Å². The Morgan fingerprint density at radius 1 is 1.70 bits per heavy atom. The Hall–Kier alpha value is -0.0505. The first-order valence-corrected chi connectivity index (χ1v) is 5.33. The van der Waals surface area contributed by atoms with Crippen LogP contribution in [0.2, 0.25) is 0 Å². The predicted octanol–water partition coefficient (Wildman–Crippen LogP) is 1.29. The molecule has 0 aliphatic carbocycles. The molecular weight excluding hydrogens is 263 g/mol. The van der Waals surface area contributed by atoms with Crippen LogP contribution in [-0.4, -0.2) is 27.6 Å². The maximum absolute atomic E-state index is 10.9. The number of ether oxygens (including phenoxy) is 1. The van der Waals surface area contributed by atoms with Gasteiger partial charge in [-0.05, 0) is 0 Å². The van der Waals surface area contributed by atoms with Gasteiger partial charge in [0, 0.05) is 0 Å². The second-order valence-corrected chi connectivity index (χ2v) is 4.04. The summed E-state index contributed by atoms with van der Waals surface area (Å²) in [4.78, 5) is 14.8. The van der Waals surface area contributed by atoms with E-state index in [1.54, 1.807) is 0 Å². The summed E-state index contributed by atoms with van der Waals surface area (Å²) in [6.45, 7) is 0. The van der Waals surface area contributed by atoms with Crippen molar-refractivity contribution in [2.75, 3.05) is 7.11 Å². The van der Waals surface area contributed by atoms with Crippen molar-refractivity contribution in [2.24, 2.45) is 0 Å². The van der Waals surface area contributed by atoms with Gasteiger partial charge in [0.05, 0.1) is 0 Å². The normalized spacial score (nSPS) is 9.40. The van der Waals surface area contributed by atoms with Crippen LogP contribution in [0.1, 0.15) is 10.4 Å². The van der Waals surface area contributed by atoms with E-state index >= 15 is 0 Å². The van der Waals surface area contributed by atoms with Crippen molar-refractivity contribution in [1.82, 2.24) is 0 Å². The Morgan fingerprint density at radius 3 is 2.80 bits per heavy atom. The Balaban J connectivity index is 2.93. The van der Waals surface area contributed by atoms with Gasteiger partial charge >= 0.3 is 73.0 Å². The van der Waals surface area contributed by atoms with Crippen LogP contribution in [0.15, 0.2) is 14.4 Å². The first kappa shape index (κ1) is 8.05. The molecule has 0 N–H and O–H groups in total. The molecule has 10 heavy (non-hydrogen) atoms. The summed E-state index contributed by atoms with van der Waals surface area (Å²) >= 11 is 3.58. The van der Waals surface area contributed by atoms with Crippen molar-refractivity contribution in [3.63, 3.8) is 0 Å². The SMILES string of the molecule is COC(=O)c1c[se]cc1Br. The van der Waals surface area contributed by atoms with Gasteiger partial charge in [-0.25, -0.2) is 0 Å². The molecule has 0 unspecified atom stereocenters. The third-order valence-electron chi connectivity index (χ3n) is 1.02. The van der Waals surface area contributed by atoms with Crippen molar-refractivity contribution < 1.29 is 9.53 Å². The molecule has 0 aliphatic heterocycles. The molecule has 0 spiro atoms. The quantitative estimate of drug-likeness (QED) is 0.566. The van der Waals surface area contributed by atoms with E-state index in [0.29, 0.717) is 20.1 Å². The zero-order valence-corrected chi connectivity index (χ0v) is 8.56. The zero-order chi connectivity index (χ0) is 7.56. The van der Waals surface area contributed by atoms with Crippen LogP contribution in [0.4, 0.5) is 0 Å². The third-order valence-corrected chi connectivity index (χ3v) is 3.92. The molecule has 0 radical (unpaired) electrons. The van der Waals surface area contributed by atoms with Crippen LogP contribution in [-0.2, 0) is 4.74 Å². The van der Waals surface area contributed by atoms with E-state index < -0.39 is 0 Å². The standard InChI is InChI=1S/C6H5BrO2Se/c1-9-6(8)4-2-10-3-5(4)7/h2-3H,1H3. The van der Waals surface area contributed by atoms with Crippen LogP contribution < -0.4 is 0 Å². The molecule has 0 aliphatic rings. The van der Waals surface area contributed by atoms with Crippen LogP contribution in [0.25, 0.3) is 0 Å². The molecule has 0 fully saturated rings. The zero-order valence-electron chi connectivity index (χ0n) is 5.26. The molecule has 1 rings (SSSR count). The molecule has 0 amide bonds. The monoisotopic (exact) mass is 268 g/mol. The van der Waals surface area contributed by atoms with E-state index in [2.05, 4.69) is 20.7 Å². The van der Waals surface area contributed by atoms with Gasteiger partial charge in [-0.2, -0.15) is 0 Å². The van der Waals surface area contributed by atoms with Crippen LogP contribution in [0.3, 0.4) is 0 Å². The molecule has 1 aromatic heterocycles. The minimum atomic E-state index is -0.262. The fourth-order valence-corrected chi connectivity index (χ4v) is 3.13. The van der Waals surface area contributed by atoms with E-state index in [9.17, 15) is 4.79 Å². The number of carbonyl (C=O) groups is 1. The maximum atomic E-state index is 10.9. The van der Waals surface area contributed by atoms with Gasteiger partial charge < -0.3 is 0 Å². The minimum absolute atomic E-state index is 0.262. The molecule has 0 atom stereocenters. The van der Waals surface area contributed by atoms with Crippen molar-refractivity contribution in [3.8, 4) is 0 Å². The fraction of sp³-hybridized carbons (Fsp3) is 0.167. The number of rotatable bonds is 1. The fourth-order valence-electron chi connectivity index (χ4n) is 0.537. The van der Waals surface area contributed by atoms with Gasteiger partial charge in [-0.3, -0.25) is 0 Å². The Morgan fingerprint density at radius 2 is 2.40 bits per heavy atom. The first-order chi connectivity index (χ1) is 4.75. The van der Waals surface area contributed by atoms with Gasteiger partial charge in [0.2, 0.25) is 0 Å². The van der Waals surface area contributed by atoms with E-state index in [0.717, 1.165) is 4.47 Å². The first-order valence-electron chi connectivity index (χ1n) is 2.55. The van der Waals surface area contributed by atoms with Crippen molar-refractivity contribution in [1.29, 1.82) is 0 Å². The molecule has 1 aromatic rings. The van der Waals surface area contributed by atoms with E-state index in [4.69, 9.17) is 0 Å². The van der Waals surface area contributed by atoms with Gasteiger partial charge in [0.15, 0.2) is 0 Å². The Kier molecular flexibility index (Phi) is 2.71. The van der Waals surface area contributed by atoms with Gasteiger partial charge in [0.25, 0.3) is 0 Å². The molecule has 0 saturated carbocycles. The molecule has 0 bridgehead atoms. The average molecular weight is 268 g/mol. The predicted molar refractivity (Wildman–Crippen MR) is 42.4 cm³/mol. The molecule has 2 nitrogen and oxygen atoms in total. The van der Waals surface area contributed by atoms with Crippen molar-refractivity contribution >= 4 is 36.4 Å². The van der Waals surface area contributed by atoms with Crippen LogP contribution in [0.5, 0.6) is 0 Å². The second kappa shape index (κ2) is 3.37. The summed E-state index contributed by atoms with van der Waals surface area (Å²) in [5.41, 5.74) is 0.655. The molecule has 1 heterocycles. The van der Waals surface area contributed by atoms with E-state index in [1.165, 1.54) is 7.11 Å². The van der Waals surface area contributed by atoms with E-state index in [1.807, 2.05) is 9.88 Å². The number of carbonyl (C=O) groups excluding carboxylic acids is 1. The van der Waals surface area contributed by atoms with Crippen molar-refractivity contribution in [3.05, 3.63) is 19.9 Å². The molecular formula is C6H5BrO2Se. The summed E-state index contributed by atoms with van der Waals surface area (Å²) in [5.74, 6) is -0.262. The van der Waals surface area contributed by atoms with Crippen LogP contribution >= 0.6 is 15.9 Å². The second-order valence-electron chi connectivity index (χ2n) is 1.62.